The molecule has 0 fully saturated rings. The summed E-state index contributed by atoms with van der Waals surface area (Å²) in [5.74, 6) is -2.98. The fourth-order valence-electron chi connectivity index (χ4n) is 4.63. The summed E-state index contributed by atoms with van der Waals surface area (Å²) >= 11 is 6.63. The third kappa shape index (κ3) is 4.54. The fourth-order valence-corrected chi connectivity index (χ4v) is 4.88. The molecule has 0 aliphatic carbocycles. The number of nitrogens with zero attached hydrogens (tertiary/aromatic N) is 2. The SMILES string of the molecule is COC(=O)c1[nH]n(-c2ccccc2)c(=O)c1C(c1ccccc1Cl)c1c(C(=O)OC)[nH]n(-c2ccccc2)c1=O. The molecule has 0 amide bonds. The summed E-state index contributed by atoms with van der Waals surface area (Å²) in [7, 11) is 2.35. The molecule has 5 aromatic rings. The van der Waals surface area contributed by atoms with Gasteiger partial charge >= 0.3 is 11.9 Å². The van der Waals surface area contributed by atoms with Gasteiger partial charge in [-0.15, -0.1) is 0 Å². The smallest absolute Gasteiger partial charge is 0.356 e. The second-order valence-electron chi connectivity index (χ2n) is 8.69. The molecule has 40 heavy (non-hydrogen) atoms. The van der Waals surface area contributed by atoms with Crippen molar-refractivity contribution in [2.75, 3.05) is 14.2 Å². The van der Waals surface area contributed by atoms with Gasteiger partial charge in [-0.2, -0.15) is 0 Å². The summed E-state index contributed by atoms with van der Waals surface area (Å²) in [6, 6.07) is 23.7. The second-order valence-corrected chi connectivity index (χ2v) is 9.10. The first-order valence-electron chi connectivity index (χ1n) is 12.1. The predicted octanol–water partition coefficient (Wildman–Crippen LogP) is 4.05. The highest BCUT2D eigenvalue weighted by Crippen LogP contribution is 2.36. The maximum atomic E-state index is 14.1. The Morgan fingerprint density at radius 2 is 1.07 bits per heavy atom. The van der Waals surface area contributed by atoms with E-state index in [1.807, 2.05) is 0 Å². The molecule has 0 spiro atoms. The van der Waals surface area contributed by atoms with Crippen molar-refractivity contribution < 1.29 is 19.1 Å². The third-order valence-electron chi connectivity index (χ3n) is 6.45. The molecule has 0 aliphatic rings. The number of para-hydroxylation sites is 2. The molecule has 0 radical (unpaired) electrons. The number of hydrogen-bond donors (Lipinski definition) is 2. The lowest BCUT2D eigenvalue weighted by molar-refractivity contribution is 0.0585. The van der Waals surface area contributed by atoms with Gasteiger partial charge < -0.3 is 9.47 Å². The number of H-pyrrole nitrogens is 2. The van der Waals surface area contributed by atoms with Crippen LogP contribution in [0.4, 0.5) is 0 Å². The van der Waals surface area contributed by atoms with E-state index in [2.05, 4.69) is 10.2 Å². The second kappa shape index (κ2) is 11.0. The first-order chi connectivity index (χ1) is 19.4. The Bertz CT molecular complexity index is 1710. The van der Waals surface area contributed by atoms with Gasteiger partial charge in [-0.1, -0.05) is 66.2 Å². The lowest BCUT2D eigenvalue weighted by atomic mass is 9.84. The number of esters is 2. The maximum Gasteiger partial charge on any atom is 0.356 e. The number of halogens is 1. The monoisotopic (exact) mass is 558 g/mol. The van der Waals surface area contributed by atoms with Crippen molar-refractivity contribution in [1.29, 1.82) is 0 Å². The zero-order chi connectivity index (χ0) is 28.4. The van der Waals surface area contributed by atoms with Crippen LogP contribution in [-0.2, 0) is 9.47 Å². The Morgan fingerprint density at radius 3 is 1.48 bits per heavy atom. The van der Waals surface area contributed by atoms with E-state index < -0.39 is 29.0 Å². The molecule has 0 saturated carbocycles. The quantitative estimate of drug-likeness (QED) is 0.290. The summed E-state index contributed by atoms with van der Waals surface area (Å²) in [6.07, 6.45) is 0. The summed E-state index contributed by atoms with van der Waals surface area (Å²) in [5, 5.41) is 5.86. The number of aromatic nitrogens is 4. The van der Waals surface area contributed by atoms with Crippen molar-refractivity contribution >= 4 is 23.5 Å². The number of benzene rings is 3. The van der Waals surface area contributed by atoms with Gasteiger partial charge in [0, 0.05) is 5.02 Å². The van der Waals surface area contributed by atoms with Crippen LogP contribution in [0.15, 0.2) is 94.5 Å². The van der Waals surface area contributed by atoms with E-state index in [0.29, 0.717) is 16.9 Å². The maximum absolute atomic E-state index is 14.1. The van der Waals surface area contributed by atoms with Gasteiger partial charge in [0.1, 0.15) is 0 Å². The number of nitrogens with one attached hydrogen (secondary N) is 2. The van der Waals surface area contributed by atoms with Gasteiger partial charge in [0.2, 0.25) is 0 Å². The van der Waals surface area contributed by atoms with Crippen molar-refractivity contribution in [3.05, 3.63) is 139 Å². The molecule has 0 unspecified atom stereocenters. The molecule has 2 heterocycles. The summed E-state index contributed by atoms with van der Waals surface area (Å²) in [4.78, 5) is 54.3. The average Bonchev–Trinajstić information content (AvgIpc) is 3.51. The van der Waals surface area contributed by atoms with Crippen LogP contribution < -0.4 is 11.1 Å². The molecule has 2 N–H and O–H groups in total. The molecule has 0 saturated heterocycles. The van der Waals surface area contributed by atoms with E-state index in [0.717, 1.165) is 0 Å². The van der Waals surface area contributed by atoms with Crippen molar-refractivity contribution in [3.8, 4) is 11.4 Å². The molecule has 0 atom stereocenters. The first-order valence-corrected chi connectivity index (χ1v) is 12.5. The molecule has 202 valence electrons. The number of methoxy groups -OCH3 is 2. The van der Waals surface area contributed by atoms with Gasteiger partial charge in [0.25, 0.3) is 11.1 Å². The van der Waals surface area contributed by atoms with Crippen LogP contribution in [0.25, 0.3) is 11.4 Å². The summed E-state index contributed by atoms with van der Waals surface area (Å²) < 4.78 is 12.3. The van der Waals surface area contributed by atoms with Crippen molar-refractivity contribution in [2.45, 2.75) is 5.92 Å². The Morgan fingerprint density at radius 1 is 0.675 bits per heavy atom. The van der Waals surface area contributed by atoms with E-state index in [1.54, 1.807) is 84.9 Å². The standard InChI is InChI=1S/C29H23ClN4O6/c1-39-28(37)24-22(26(35)33(31-24)17-11-5-3-6-12-17)21(19-15-9-10-16-20(19)30)23-25(29(38)40-2)32-34(27(23)36)18-13-7-4-8-14-18/h3-16,21,31-32H,1-2H3. The van der Waals surface area contributed by atoms with Crippen LogP contribution in [0, 0.1) is 0 Å². The normalized spacial score (nSPS) is 11.0. The number of rotatable bonds is 7. The van der Waals surface area contributed by atoms with Crippen molar-refractivity contribution in [3.63, 3.8) is 0 Å². The van der Waals surface area contributed by atoms with E-state index in [9.17, 15) is 19.2 Å². The fraction of sp³-hybridized carbons (Fsp3) is 0.103. The predicted molar refractivity (Wildman–Crippen MR) is 148 cm³/mol. The minimum atomic E-state index is -1.28. The van der Waals surface area contributed by atoms with Crippen LogP contribution in [0.5, 0.6) is 0 Å². The number of carbonyl (C=O) groups excluding carboxylic acids is 2. The molecular weight excluding hydrogens is 536 g/mol. The Labute approximate surface area is 232 Å². The van der Waals surface area contributed by atoms with Crippen LogP contribution >= 0.6 is 11.6 Å². The topological polar surface area (TPSA) is 128 Å². The first kappa shape index (κ1) is 26.5. The Balaban J connectivity index is 1.91. The van der Waals surface area contributed by atoms with Crippen molar-refractivity contribution in [1.82, 2.24) is 19.6 Å². The van der Waals surface area contributed by atoms with E-state index in [4.69, 9.17) is 21.1 Å². The summed E-state index contributed by atoms with van der Waals surface area (Å²) in [5.41, 5.74) is -0.773. The highest BCUT2D eigenvalue weighted by Gasteiger charge is 2.37. The van der Waals surface area contributed by atoms with Crippen LogP contribution in [-0.4, -0.2) is 45.7 Å². The molecule has 10 nitrogen and oxygen atoms in total. The van der Waals surface area contributed by atoms with Crippen molar-refractivity contribution in [2.24, 2.45) is 0 Å². The van der Waals surface area contributed by atoms with E-state index in [-0.39, 0.29) is 27.5 Å². The third-order valence-corrected chi connectivity index (χ3v) is 6.80. The van der Waals surface area contributed by atoms with Crippen LogP contribution in [0.1, 0.15) is 43.6 Å². The van der Waals surface area contributed by atoms with Gasteiger partial charge in [-0.05, 0) is 35.9 Å². The molecule has 11 heteroatoms. The highest BCUT2D eigenvalue weighted by atomic mass is 35.5. The molecule has 5 rings (SSSR count). The average molecular weight is 559 g/mol. The molecule has 2 aromatic heterocycles. The van der Waals surface area contributed by atoms with Gasteiger partial charge in [0.05, 0.1) is 42.6 Å². The Hall–Kier alpha value is -5.09. The van der Waals surface area contributed by atoms with Gasteiger partial charge in [-0.3, -0.25) is 19.8 Å². The number of ether oxygens (including phenoxy) is 2. The van der Waals surface area contributed by atoms with Gasteiger partial charge in [-0.25, -0.2) is 19.0 Å². The zero-order valence-electron chi connectivity index (χ0n) is 21.4. The van der Waals surface area contributed by atoms with Gasteiger partial charge in [0.15, 0.2) is 11.4 Å². The molecule has 0 aliphatic heterocycles. The number of aromatic amines is 2. The lowest BCUT2D eigenvalue weighted by Gasteiger charge is -2.17. The highest BCUT2D eigenvalue weighted by molar-refractivity contribution is 6.31. The minimum Gasteiger partial charge on any atom is -0.464 e. The zero-order valence-corrected chi connectivity index (χ0v) is 22.1. The van der Waals surface area contributed by atoms with E-state index in [1.165, 1.54) is 23.6 Å². The van der Waals surface area contributed by atoms with E-state index >= 15 is 0 Å². The Kier molecular flexibility index (Phi) is 7.26. The lowest BCUT2D eigenvalue weighted by Crippen LogP contribution is -2.27. The molecule has 0 bridgehead atoms. The minimum absolute atomic E-state index is 0.134. The van der Waals surface area contributed by atoms with Crippen LogP contribution in [0.2, 0.25) is 5.02 Å². The van der Waals surface area contributed by atoms with Crippen LogP contribution in [0.3, 0.4) is 0 Å². The summed E-state index contributed by atoms with van der Waals surface area (Å²) in [6.45, 7) is 0. The largest absolute Gasteiger partial charge is 0.464 e. The number of carbonyl (C=O) groups is 2. The molecular formula is C29H23ClN4O6. The number of hydrogen-bond acceptors (Lipinski definition) is 6. The molecule has 3 aromatic carbocycles.